The zero-order valence-corrected chi connectivity index (χ0v) is 23.0. The van der Waals surface area contributed by atoms with Crippen molar-refractivity contribution in [1.82, 2.24) is 4.98 Å². The first-order chi connectivity index (χ1) is 15.7. The lowest BCUT2D eigenvalue weighted by Crippen LogP contribution is -2.42. The molecule has 1 aromatic heterocycles. The van der Waals surface area contributed by atoms with Gasteiger partial charge in [0.15, 0.2) is 0 Å². The van der Waals surface area contributed by atoms with Gasteiger partial charge in [-0.15, -0.1) is 8.78 Å². The summed E-state index contributed by atoms with van der Waals surface area (Å²) in [5.41, 5.74) is -2.95. The fraction of sp³-hybridized carbons (Fsp3) is 0.478. The predicted octanol–water partition coefficient (Wildman–Crippen LogP) is 6.73. The van der Waals surface area contributed by atoms with Crippen molar-refractivity contribution in [2.24, 2.45) is 11.3 Å². The molecule has 2 unspecified atom stereocenters. The number of aromatic nitrogens is 1. The normalized spacial score (nSPS) is 18.9. The van der Waals surface area contributed by atoms with E-state index in [0.717, 1.165) is 18.8 Å². The largest absolute Gasteiger partial charge is 0.487 e. The molecule has 3 rings (SSSR count). The summed E-state index contributed by atoms with van der Waals surface area (Å²) in [6, 6.07) is 7.19. The number of amides is 1. The summed E-state index contributed by atoms with van der Waals surface area (Å²) in [4.78, 5) is 19.5. The SMILES string of the molecule is C[Si](C)OC1C(C(C)(C)C)CCN1c1ncc(C(=O)Nc2ccc(OC(F)(F)Cl)cc2)cc1Br. The number of ether oxygens (including phenoxy) is 1. The predicted molar refractivity (Wildman–Crippen MR) is 135 cm³/mol. The second-order valence-corrected chi connectivity index (χ2v) is 12.8. The minimum absolute atomic E-state index is 0.0755. The molecule has 0 bridgehead atoms. The molecule has 11 heteroatoms. The molecule has 1 N–H and O–H groups in total. The Balaban J connectivity index is 1.74. The standard InChI is InChI=1S/C23H28BrClF2N3O3Si/c1-22(2,3)17-10-11-30(21(17)33-34(4)5)19-18(24)12-14(13-28-19)20(31)29-15-6-8-16(9-7-15)32-23(25,26)27/h6-9,12-13,17,21H,10-11H2,1-5H3,(H,29,31). The lowest BCUT2D eigenvalue weighted by Gasteiger charge is -2.36. The maximum atomic E-state index is 12.7. The van der Waals surface area contributed by atoms with Gasteiger partial charge in [0.25, 0.3) is 5.91 Å². The van der Waals surface area contributed by atoms with Crippen LogP contribution in [0.2, 0.25) is 13.1 Å². The third kappa shape index (κ3) is 6.90. The minimum Gasteiger partial charge on any atom is -0.420 e. The van der Waals surface area contributed by atoms with Crippen LogP contribution in [0.1, 0.15) is 37.6 Å². The molecule has 1 radical (unpaired) electrons. The second kappa shape index (κ2) is 10.5. The molecule has 1 saturated heterocycles. The van der Waals surface area contributed by atoms with Crippen molar-refractivity contribution in [3.8, 4) is 5.75 Å². The lowest BCUT2D eigenvalue weighted by molar-refractivity contribution is -0.0964. The van der Waals surface area contributed by atoms with Crippen LogP contribution < -0.4 is 15.0 Å². The van der Waals surface area contributed by atoms with Gasteiger partial charge in [-0.05, 0) is 71.2 Å². The molecule has 1 aliphatic rings. The number of hydrogen-bond donors (Lipinski definition) is 1. The number of carbonyl (C=O) groups excluding carboxylic acids is 1. The molecule has 2 aromatic rings. The number of hydrogen-bond acceptors (Lipinski definition) is 5. The molecule has 0 saturated carbocycles. The van der Waals surface area contributed by atoms with Crippen molar-refractivity contribution >= 4 is 54.0 Å². The Morgan fingerprint density at radius 2 is 1.91 bits per heavy atom. The summed E-state index contributed by atoms with van der Waals surface area (Å²) >= 11 is 8.34. The van der Waals surface area contributed by atoms with Gasteiger partial charge in [0, 0.05) is 35.9 Å². The van der Waals surface area contributed by atoms with E-state index in [-0.39, 0.29) is 23.3 Å². The quantitative estimate of drug-likeness (QED) is 0.293. The molecule has 1 fully saturated rings. The highest BCUT2D eigenvalue weighted by Gasteiger charge is 2.43. The summed E-state index contributed by atoms with van der Waals surface area (Å²) in [7, 11) is -0.937. The van der Waals surface area contributed by atoms with Crippen molar-refractivity contribution in [2.75, 3.05) is 16.8 Å². The van der Waals surface area contributed by atoms with E-state index in [1.165, 1.54) is 30.5 Å². The third-order valence-electron chi connectivity index (χ3n) is 5.50. The summed E-state index contributed by atoms with van der Waals surface area (Å²) in [5.74, 6) is 0.590. The van der Waals surface area contributed by atoms with Crippen molar-refractivity contribution < 1.29 is 22.7 Å². The van der Waals surface area contributed by atoms with E-state index in [4.69, 9.17) is 16.0 Å². The van der Waals surface area contributed by atoms with Crippen LogP contribution in [-0.2, 0) is 4.43 Å². The van der Waals surface area contributed by atoms with Crippen LogP contribution in [0, 0.1) is 11.3 Å². The highest BCUT2D eigenvalue weighted by molar-refractivity contribution is 9.10. The highest BCUT2D eigenvalue weighted by Crippen LogP contribution is 2.42. The topological polar surface area (TPSA) is 63.7 Å². The Morgan fingerprint density at radius 3 is 2.44 bits per heavy atom. The monoisotopic (exact) mass is 574 g/mol. The zero-order chi connectivity index (χ0) is 25.3. The molecule has 1 aliphatic heterocycles. The van der Waals surface area contributed by atoms with Crippen molar-refractivity contribution in [1.29, 1.82) is 0 Å². The van der Waals surface area contributed by atoms with Crippen LogP contribution in [0.3, 0.4) is 0 Å². The number of benzene rings is 1. The molecule has 0 aliphatic carbocycles. The van der Waals surface area contributed by atoms with Crippen LogP contribution >= 0.6 is 27.5 Å². The molecule has 34 heavy (non-hydrogen) atoms. The first-order valence-corrected chi connectivity index (χ1v) is 14.4. The Kier molecular flexibility index (Phi) is 8.27. The first-order valence-electron chi connectivity index (χ1n) is 10.8. The van der Waals surface area contributed by atoms with Crippen molar-refractivity contribution in [2.45, 2.75) is 52.1 Å². The average Bonchev–Trinajstić information content (AvgIpc) is 3.11. The Bertz CT molecular complexity index is 1020. The van der Waals surface area contributed by atoms with E-state index in [0.29, 0.717) is 21.6 Å². The Labute approximate surface area is 213 Å². The molecule has 2 heterocycles. The van der Waals surface area contributed by atoms with Gasteiger partial charge < -0.3 is 19.4 Å². The third-order valence-corrected chi connectivity index (χ3v) is 6.88. The second-order valence-electron chi connectivity index (χ2n) is 9.43. The van der Waals surface area contributed by atoms with E-state index in [9.17, 15) is 13.6 Å². The molecule has 0 spiro atoms. The summed E-state index contributed by atoms with van der Waals surface area (Å²) < 4.78 is 36.8. The van der Waals surface area contributed by atoms with Gasteiger partial charge in [-0.3, -0.25) is 4.79 Å². The number of alkyl halides is 3. The molecule has 185 valence electrons. The van der Waals surface area contributed by atoms with Gasteiger partial charge in [-0.25, -0.2) is 4.98 Å². The van der Waals surface area contributed by atoms with Crippen LogP contribution in [0.5, 0.6) is 5.75 Å². The Morgan fingerprint density at radius 1 is 1.26 bits per heavy atom. The first kappa shape index (κ1) is 26.8. The average molecular weight is 576 g/mol. The maximum absolute atomic E-state index is 12.7. The van der Waals surface area contributed by atoms with E-state index in [1.807, 2.05) is 0 Å². The van der Waals surface area contributed by atoms with Gasteiger partial charge in [-0.2, -0.15) is 0 Å². The number of anilines is 2. The summed E-state index contributed by atoms with van der Waals surface area (Å²) in [6.45, 7) is 11.7. The van der Waals surface area contributed by atoms with Gasteiger partial charge in [0.1, 0.15) is 17.8 Å². The number of carbonyl (C=O) groups is 1. The number of halogens is 4. The molecular formula is C23H28BrClF2N3O3Si. The Hall–Kier alpha value is -1.75. The van der Waals surface area contributed by atoms with Crippen LogP contribution in [0.15, 0.2) is 41.0 Å². The molecular weight excluding hydrogens is 548 g/mol. The van der Waals surface area contributed by atoms with Gasteiger partial charge in [-0.1, -0.05) is 20.8 Å². The van der Waals surface area contributed by atoms with Gasteiger partial charge in [0.2, 0.25) is 9.04 Å². The summed E-state index contributed by atoms with van der Waals surface area (Å²) in [6.07, 6.45) is 2.44. The van der Waals surface area contributed by atoms with Crippen LogP contribution in [0.25, 0.3) is 0 Å². The van der Waals surface area contributed by atoms with E-state index < -0.39 is 14.6 Å². The molecule has 1 aromatic carbocycles. The summed E-state index contributed by atoms with van der Waals surface area (Å²) in [5, 5.41) is 2.72. The molecule has 6 nitrogen and oxygen atoms in total. The van der Waals surface area contributed by atoms with Crippen LogP contribution in [-0.4, -0.2) is 38.3 Å². The molecule has 2 atom stereocenters. The number of rotatable bonds is 7. The number of pyridine rings is 1. The zero-order valence-electron chi connectivity index (χ0n) is 19.7. The number of nitrogens with one attached hydrogen (secondary N) is 1. The highest BCUT2D eigenvalue weighted by atomic mass is 79.9. The smallest absolute Gasteiger partial charge is 0.420 e. The lowest BCUT2D eigenvalue weighted by atomic mass is 9.79. The maximum Gasteiger partial charge on any atom is 0.487 e. The van der Waals surface area contributed by atoms with Crippen molar-refractivity contribution in [3.63, 3.8) is 0 Å². The minimum atomic E-state index is -3.80. The fourth-order valence-electron chi connectivity index (χ4n) is 3.95. The van der Waals surface area contributed by atoms with Crippen LogP contribution in [0.4, 0.5) is 20.3 Å². The molecule has 1 amide bonds. The van der Waals surface area contributed by atoms with Crippen molar-refractivity contribution in [3.05, 3.63) is 46.6 Å². The van der Waals surface area contributed by atoms with E-state index in [2.05, 4.69) is 69.7 Å². The van der Waals surface area contributed by atoms with E-state index in [1.54, 1.807) is 6.07 Å². The number of nitrogens with zero attached hydrogens (tertiary/aromatic N) is 2. The van der Waals surface area contributed by atoms with Gasteiger partial charge >= 0.3 is 5.57 Å². The fourth-order valence-corrected chi connectivity index (χ4v) is 5.39. The van der Waals surface area contributed by atoms with Gasteiger partial charge in [0.05, 0.1) is 10.0 Å². The van der Waals surface area contributed by atoms with E-state index >= 15 is 0 Å².